The van der Waals surface area contributed by atoms with Crippen molar-refractivity contribution in [2.45, 2.75) is 38.0 Å². The van der Waals surface area contributed by atoms with Crippen molar-refractivity contribution in [2.75, 3.05) is 6.54 Å². The van der Waals surface area contributed by atoms with Crippen molar-refractivity contribution in [3.8, 4) is 0 Å². The Bertz CT molecular complexity index is 1400. The molecule has 4 rings (SSSR count). The Labute approximate surface area is 213 Å². The van der Waals surface area contributed by atoms with Crippen LogP contribution in [0.25, 0.3) is 0 Å². The Morgan fingerprint density at radius 1 is 0.895 bits per heavy atom. The van der Waals surface area contributed by atoms with Crippen molar-refractivity contribution in [2.24, 2.45) is 0 Å². The fourth-order valence-corrected chi connectivity index (χ4v) is 4.41. The highest BCUT2D eigenvalue weighted by atomic mass is 19.4. The molecule has 0 aliphatic carbocycles. The summed E-state index contributed by atoms with van der Waals surface area (Å²) in [6.45, 7) is 1.97. The van der Waals surface area contributed by atoms with E-state index in [1.807, 2.05) is 0 Å². The third-order valence-corrected chi connectivity index (χ3v) is 6.24. The quantitative estimate of drug-likeness (QED) is 0.196. The zero-order valence-corrected chi connectivity index (χ0v) is 19.9. The standard InChI is InChI=1S/C27H20F6N2O3/c1-2-12-35-24(37)18-10-7-16(13-20(18)25(35)38)22(36)14-19(15-5-8-17(9-6-15)26(28,29)30)23-21(27(31,32)33)4-3-11-34-23/h3-11,13,19H,2,12,14H2,1H3/t19-/m0/s1. The van der Waals surface area contributed by atoms with Gasteiger partial charge < -0.3 is 0 Å². The number of imide groups is 1. The van der Waals surface area contributed by atoms with Gasteiger partial charge in [0.15, 0.2) is 5.78 Å². The SMILES string of the molecule is CCCN1C(=O)c2ccc(C(=O)C[C@@H](c3ccc(C(F)(F)F)cc3)c3ncccc3C(F)(F)F)cc2C1=O. The van der Waals surface area contributed by atoms with Crippen LogP contribution in [0.5, 0.6) is 0 Å². The molecule has 0 spiro atoms. The fourth-order valence-electron chi connectivity index (χ4n) is 4.41. The number of pyridine rings is 1. The molecule has 5 nitrogen and oxygen atoms in total. The molecule has 0 unspecified atom stereocenters. The van der Waals surface area contributed by atoms with Gasteiger partial charge in [0.2, 0.25) is 0 Å². The number of Topliss-reactive ketones (excluding diaryl/α,β-unsaturated/α-hetero) is 1. The van der Waals surface area contributed by atoms with Crippen LogP contribution in [0.1, 0.15) is 79.1 Å². The van der Waals surface area contributed by atoms with E-state index in [9.17, 15) is 40.7 Å². The van der Waals surface area contributed by atoms with Gasteiger partial charge in [0, 0.05) is 30.6 Å². The average Bonchev–Trinajstić information content (AvgIpc) is 3.11. The molecular formula is C27H20F6N2O3. The topological polar surface area (TPSA) is 67.3 Å². The molecule has 2 heterocycles. The number of carbonyl (C=O) groups excluding carboxylic acids is 3. The number of hydrogen-bond acceptors (Lipinski definition) is 4. The number of hydrogen-bond donors (Lipinski definition) is 0. The van der Waals surface area contributed by atoms with Crippen molar-refractivity contribution in [1.82, 2.24) is 9.88 Å². The van der Waals surface area contributed by atoms with Gasteiger partial charge in [-0.2, -0.15) is 26.3 Å². The maximum atomic E-state index is 13.8. The number of rotatable bonds is 7. The maximum Gasteiger partial charge on any atom is 0.418 e. The average molecular weight is 534 g/mol. The van der Waals surface area contributed by atoms with Crippen molar-refractivity contribution >= 4 is 17.6 Å². The molecular weight excluding hydrogens is 514 g/mol. The molecule has 38 heavy (non-hydrogen) atoms. The first-order valence-electron chi connectivity index (χ1n) is 11.6. The molecule has 0 saturated heterocycles. The minimum absolute atomic E-state index is 0.00852. The number of ketones is 1. The zero-order chi connectivity index (χ0) is 27.8. The van der Waals surface area contributed by atoms with Crippen molar-refractivity contribution in [3.05, 3.63) is 99.9 Å². The second-order valence-electron chi connectivity index (χ2n) is 8.76. The van der Waals surface area contributed by atoms with Gasteiger partial charge in [-0.3, -0.25) is 24.3 Å². The summed E-state index contributed by atoms with van der Waals surface area (Å²) in [6.07, 6.45) is -8.44. The van der Waals surface area contributed by atoms with Crippen LogP contribution in [0.4, 0.5) is 26.3 Å². The number of fused-ring (bicyclic) bond motifs is 1. The largest absolute Gasteiger partial charge is 0.418 e. The van der Waals surface area contributed by atoms with Crippen molar-refractivity contribution in [3.63, 3.8) is 0 Å². The Hall–Kier alpha value is -4.02. The van der Waals surface area contributed by atoms with Crippen LogP contribution in [0.3, 0.4) is 0 Å². The Kier molecular flexibility index (Phi) is 7.14. The molecule has 1 aromatic heterocycles. The summed E-state index contributed by atoms with van der Waals surface area (Å²) in [5.41, 5.74) is -2.52. The number of nitrogens with zero attached hydrogens (tertiary/aromatic N) is 2. The van der Waals surface area contributed by atoms with Gasteiger partial charge in [-0.25, -0.2) is 0 Å². The van der Waals surface area contributed by atoms with Crippen LogP contribution in [-0.4, -0.2) is 34.0 Å². The molecule has 2 aromatic carbocycles. The minimum Gasteiger partial charge on any atom is -0.294 e. The predicted octanol–water partition coefficient (Wildman–Crippen LogP) is 6.53. The minimum atomic E-state index is -4.83. The molecule has 11 heteroatoms. The van der Waals surface area contributed by atoms with Crippen LogP contribution >= 0.6 is 0 Å². The molecule has 0 N–H and O–H groups in total. The first-order chi connectivity index (χ1) is 17.8. The number of alkyl halides is 6. The summed E-state index contributed by atoms with van der Waals surface area (Å²) in [5.74, 6) is -3.10. The maximum absolute atomic E-state index is 13.8. The van der Waals surface area contributed by atoms with Gasteiger partial charge in [0.1, 0.15) is 0 Å². The zero-order valence-electron chi connectivity index (χ0n) is 19.9. The third-order valence-electron chi connectivity index (χ3n) is 6.24. The lowest BCUT2D eigenvalue weighted by atomic mass is 9.85. The van der Waals surface area contributed by atoms with Gasteiger partial charge in [-0.1, -0.05) is 25.1 Å². The van der Waals surface area contributed by atoms with E-state index >= 15 is 0 Å². The molecule has 3 aromatic rings. The number of halogens is 6. The number of aromatic nitrogens is 1. The molecule has 0 radical (unpaired) electrons. The second kappa shape index (κ2) is 10.0. The van der Waals surface area contributed by atoms with E-state index in [1.54, 1.807) is 6.92 Å². The molecule has 0 fully saturated rings. The van der Waals surface area contributed by atoms with E-state index in [0.717, 1.165) is 47.5 Å². The summed E-state index contributed by atoms with van der Waals surface area (Å²) in [7, 11) is 0. The highest BCUT2D eigenvalue weighted by molar-refractivity contribution is 6.22. The Balaban J connectivity index is 1.74. The van der Waals surface area contributed by atoms with Crippen LogP contribution in [0, 0.1) is 0 Å². The van der Waals surface area contributed by atoms with Crippen molar-refractivity contribution in [1.29, 1.82) is 0 Å². The van der Waals surface area contributed by atoms with Gasteiger partial charge in [0.25, 0.3) is 11.8 Å². The van der Waals surface area contributed by atoms with E-state index < -0.39 is 59.1 Å². The van der Waals surface area contributed by atoms with Crippen LogP contribution < -0.4 is 0 Å². The summed E-state index contributed by atoms with van der Waals surface area (Å²) in [6, 6.07) is 9.18. The lowest BCUT2D eigenvalue weighted by Gasteiger charge is -2.21. The Morgan fingerprint density at radius 2 is 1.55 bits per heavy atom. The summed E-state index contributed by atoms with van der Waals surface area (Å²) < 4.78 is 80.6. The lowest BCUT2D eigenvalue weighted by molar-refractivity contribution is -0.139. The summed E-state index contributed by atoms with van der Waals surface area (Å²) in [4.78, 5) is 43.3. The van der Waals surface area contributed by atoms with Gasteiger partial charge in [0.05, 0.1) is 27.9 Å². The fraction of sp³-hybridized carbons (Fsp3) is 0.259. The van der Waals surface area contributed by atoms with E-state index in [2.05, 4.69) is 4.98 Å². The van der Waals surface area contributed by atoms with Crippen LogP contribution in [-0.2, 0) is 12.4 Å². The first-order valence-corrected chi connectivity index (χ1v) is 11.6. The molecule has 2 amide bonds. The molecule has 0 bridgehead atoms. The monoisotopic (exact) mass is 534 g/mol. The van der Waals surface area contributed by atoms with E-state index in [4.69, 9.17) is 0 Å². The second-order valence-corrected chi connectivity index (χ2v) is 8.76. The third kappa shape index (κ3) is 5.18. The van der Waals surface area contributed by atoms with Gasteiger partial charge in [-0.15, -0.1) is 0 Å². The predicted molar refractivity (Wildman–Crippen MR) is 124 cm³/mol. The highest BCUT2D eigenvalue weighted by Crippen LogP contribution is 2.39. The first kappa shape index (κ1) is 27.0. The molecule has 0 saturated carbocycles. The smallest absolute Gasteiger partial charge is 0.294 e. The summed E-state index contributed by atoms with van der Waals surface area (Å²) >= 11 is 0. The molecule has 1 atom stereocenters. The van der Waals surface area contributed by atoms with E-state index in [0.29, 0.717) is 6.42 Å². The number of amides is 2. The van der Waals surface area contributed by atoms with Crippen LogP contribution in [0.15, 0.2) is 60.8 Å². The lowest BCUT2D eigenvalue weighted by Crippen LogP contribution is -2.30. The molecule has 1 aliphatic rings. The van der Waals surface area contributed by atoms with Crippen LogP contribution in [0.2, 0.25) is 0 Å². The summed E-state index contributed by atoms with van der Waals surface area (Å²) in [5, 5.41) is 0. The van der Waals surface area contributed by atoms with Crippen molar-refractivity contribution < 1.29 is 40.7 Å². The normalized spacial score (nSPS) is 14.6. The number of benzene rings is 2. The van der Waals surface area contributed by atoms with Gasteiger partial charge in [-0.05, 0) is 48.4 Å². The number of carbonyl (C=O) groups is 3. The molecule has 1 aliphatic heterocycles. The van der Waals surface area contributed by atoms with E-state index in [1.165, 1.54) is 18.2 Å². The Morgan fingerprint density at radius 3 is 2.16 bits per heavy atom. The molecule has 198 valence electrons. The van der Waals surface area contributed by atoms with Gasteiger partial charge >= 0.3 is 12.4 Å². The van der Waals surface area contributed by atoms with E-state index in [-0.39, 0.29) is 28.8 Å². The highest BCUT2D eigenvalue weighted by Gasteiger charge is 2.39.